The number of hydrogen-bond donors (Lipinski definition) is 3. The van der Waals surface area contributed by atoms with Crippen LogP contribution in [0.25, 0.3) is 0 Å². The molecule has 0 aliphatic carbocycles. The van der Waals surface area contributed by atoms with Crippen molar-refractivity contribution in [3.8, 4) is 0 Å². The minimum Gasteiger partial charge on any atom is -0.422 e. The van der Waals surface area contributed by atoms with Gasteiger partial charge < -0.3 is 20.6 Å². The molecule has 1 aliphatic heterocycles. The second kappa shape index (κ2) is 3.41. The smallest absolute Gasteiger partial charge is 0.246 e. The first-order chi connectivity index (χ1) is 6.31. The third-order valence-electron chi connectivity index (χ3n) is 2.10. The van der Waals surface area contributed by atoms with Crippen molar-refractivity contribution in [3.05, 3.63) is 11.8 Å². The first-order valence-electron chi connectivity index (χ1n) is 4.23. The predicted molar refractivity (Wildman–Crippen MR) is 43.9 cm³/mol. The van der Waals surface area contributed by atoms with Crippen LogP contribution in [0, 0.1) is 0 Å². The van der Waals surface area contributed by atoms with Gasteiger partial charge in [0, 0.05) is 19.6 Å². The van der Waals surface area contributed by atoms with E-state index >= 15 is 0 Å². The van der Waals surface area contributed by atoms with Crippen LogP contribution in [0.15, 0.2) is 4.42 Å². The molecule has 0 aromatic carbocycles. The number of nitrogens with zero attached hydrogens (tertiary/aromatic N) is 2. The van der Waals surface area contributed by atoms with E-state index in [4.69, 9.17) is 10.2 Å². The van der Waals surface area contributed by atoms with Crippen LogP contribution in [-0.2, 0) is 0 Å². The zero-order valence-corrected chi connectivity index (χ0v) is 7.10. The summed E-state index contributed by atoms with van der Waals surface area (Å²) in [7, 11) is 0. The SMILES string of the molecule is NC[C@H](O)c1nnc(C2CNC2)o1. The monoisotopic (exact) mass is 184 g/mol. The Morgan fingerprint density at radius 1 is 1.62 bits per heavy atom. The molecule has 0 amide bonds. The Labute approximate surface area is 75.1 Å². The number of aliphatic hydroxyl groups excluding tert-OH is 1. The third-order valence-corrected chi connectivity index (χ3v) is 2.10. The molecule has 0 saturated carbocycles. The van der Waals surface area contributed by atoms with Crippen molar-refractivity contribution in [2.75, 3.05) is 19.6 Å². The van der Waals surface area contributed by atoms with Gasteiger partial charge in [0.1, 0.15) is 6.10 Å². The molecule has 6 heteroatoms. The molecule has 1 atom stereocenters. The van der Waals surface area contributed by atoms with Crippen LogP contribution in [0.1, 0.15) is 23.8 Å². The van der Waals surface area contributed by atoms with Crippen molar-refractivity contribution in [1.82, 2.24) is 15.5 Å². The Morgan fingerprint density at radius 2 is 2.38 bits per heavy atom. The van der Waals surface area contributed by atoms with E-state index in [0.717, 1.165) is 13.1 Å². The molecule has 4 N–H and O–H groups in total. The third kappa shape index (κ3) is 1.55. The first kappa shape index (κ1) is 8.61. The van der Waals surface area contributed by atoms with Gasteiger partial charge in [-0.25, -0.2) is 0 Å². The average molecular weight is 184 g/mol. The zero-order valence-electron chi connectivity index (χ0n) is 7.10. The number of rotatable bonds is 3. The normalized spacial score (nSPS) is 19.8. The number of hydrogen-bond acceptors (Lipinski definition) is 6. The van der Waals surface area contributed by atoms with E-state index in [0.29, 0.717) is 11.8 Å². The van der Waals surface area contributed by atoms with Gasteiger partial charge in [-0.15, -0.1) is 10.2 Å². The molecule has 72 valence electrons. The van der Waals surface area contributed by atoms with E-state index in [9.17, 15) is 5.11 Å². The Hall–Kier alpha value is -0.980. The van der Waals surface area contributed by atoms with Crippen LogP contribution in [0.5, 0.6) is 0 Å². The summed E-state index contributed by atoms with van der Waals surface area (Å²) in [5.74, 6) is 1.09. The summed E-state index contributed by atoms with van der Waals surface area (Å²) < 4.78 is 5.25. The van der Waals surface area contributed by atoms with E-state index in [1.54, 1.807) is 0 Å². The lowest BCUT2D eigenvalue weighted by Gasteiger charge is -2.23. The number of aromatic nitrogens is 2. The van der Waals surface area contributed by atoms with E-state index < -0.39 is 6.10 Å². The van der Waals surface area contributed by atoms with Crippen molar-refractivity contribution < 1.29 is 9.52 Å². The van der Waals surface area contributed by atoms with Gasteiger partial charge in [0.2, 0.25) is 11.8 Å². The van der Waals surface area contributed by atoms with Crippen molar-refractivity contribution in [2.24, 2.45) is 5.73 Å². The fourth-order valence-electron chi connectivity index (χ4n) is 1.11. The van der Waals surface area contributed by atoms with E-state index in [2.05, 4.69) is 15.5 Å². The Kier molecular flexibility index (Phi) is 2.26. The topological polar surface area (TPSA) is 97.2 Å². The highest BCUT2D eigenvalue weighted by Crippen LogP contribution is 2.20. The summed E-state index contributed by atoms with van der Waals surface area (Å²) in [6, 6.07) is 0. The van der Waals surface area contributed by atoms with Crippen LogP contribution in [0.2, 0.25) is 0 Å². The second-order valence-corrected chi connectivity index (χ2v) is 3.09. The lowest BCUT2D eigenvalue weighted by Crippen LogP contribution is -2.40. The Morgan fingerprint density at radius 3 is 2.92 bits per heavy atom. The van der Waals surface area contributed by atoms with E-state index in [-0.39, 0.29) is 12.4 Å². The highest BCUT2D eigenvalue weighted by atomic mass is 16.4. The molecular weight excluding hydrogens is 172 g/mol. The maximum Gasteiger partial charge on any atom is 0.246 e. The molecule has 1 aromatic heterocycles. The molecular formula is C7H12N4O2. The lowest BCUT2D eigenvalue weighted by molar-refractivity contribution is 0.147. The minimum atomic E-state index is -0.839. The molecule has 6 nitrogen and oxygen atoms in total. The molecule has 1 aromatic rings. The summed E-state index contributed by atoms with van der Waals surface area (Å²) >= 11 is 0. The molecule has 0 radical (unpaired) electrons. The maximum atomic E-state index is 9.28. The summed E-state index contributed by atoms with van der Waals surface area (Å²) in [5.41, 5.74) is 5.25. The molecule has 0 spiro atoms. The molecule has 1 aliphatic rings. The summed E-state index contributed by atoms with van der Waals surface area (Å²) in [5, 5.41) is 19.9. The van der Waals surface area contributed by atoms with Crippen LogP contribution in [0.3, 0.4) is 0 Å². The first-order valence-corrected chi connectivity index (χ1v) is 4.23. The standard InChI is InChI=1S/C7H12N4O2/c8-1-5(12)7-11-10-6(13-7)4-2-9-3-4/h4-5,9,12H,1-3,8H2/t5-/m0/s1. The molecule has 2 rings (SSSR count). The molecule has 2 heterocycles. The van der Waals surface area contributed by atoms with Gasteiger partial charge in [0.05, 0.1) is 5.92 Å². The fourth-order valence-corrected chi connectivity index (χ4v) is 1.11. The van der Waals surface area contributed by atoms with Gasteiger partial charge in [0.25, 0.3) is 0 Å². The summed E-state index contributed by atoms with van der Waals surface area (Å²) in [6.07, 6.45) is -0.839. The van der Waals surface area contributed by atoms with E-state index in [1.165, 1.54) is 0 Å². The molecule has 0 bridgehead atoms. The maximum absolute atomic E-state index is 9.28. The minimum absolute atomic E-state index is 0.102. The second-order valence-electron chi connectivity index (χ2n) is 3.09. The zero-order chi connectivity index (χ0) is 9.26. The van der Waals surface area contributed by atoms with Gasteiger partial charge >= 0.3 is 0 Å². The fraction of sp³-hybridized carbons (Fsp3) is 0.714. The number of nitrogens with one attached hydrogen (secondary N) is 1. The van der Waals surface area contributed by atoms with E-state index in [1.807, 2.05) is 0 Å². The van der Waals surface area contributed by atoms with Crippen molar-refractivity contribution >= 4 is 0 Å². The number of nitrogens with two attached hydrogens (primary N) is 1. The number of aliphatic hydroxyl groups is 1. The quantitative estimate of drug-likeness (QED) is 0.543. The van der Waals surface area contributed by atoms with Crippen LogP contribution >= 0.6 is 0 Å². The molecule has 1 saturated heterocycles. The highest BCUT2D eigenvalue weighted by Gasteiger charge is 2.25. The van der Waals surface area contributed by atoms with Crippen molar-refractivity contribution in [2.45, 2.75) is 12.0 Å². The van der Waals surface area contributed by atoms with Gasteiger partial charge in [-0.1, -0.05) is 0 Å². The van der Waals surface area contributed by atoms with Gasteiger partial charge in [0.15, 0.2) is 0 Å². The molecule has 0 unspecified atom stereocenters. The molecule has 13 heavy (non-hydrogen) atoms. The summed E-state index contributed by atoms with van der Waals surface area (Å²) in [4.78, 5) is 0. The largest absolute Gasteiger partial charge is 0.422 e. The molecule has 1 fully saturated rings. The van der Waals surface area contributed by atoms with Gasteiger partial charge in [-0.05, 0) is 0 Å². The van der Waals surface area contributed by atoms with Crippen molar-refractivity contribution in [3.63, 3.8) is 0 Å². The Bertz CT molecular complexity index is 265. The lowest BCUT2D eigenvalue weighted by atomic mass is 10.0. The van der Waals surface area contributed by atoms with Crippen LogP contribution in [0.4, 0.5) is 0 Å². The van der Waals surface area contributed by atoms with Crippen LogP contribution in [-0.4, -0.2) is 34.9 Å². The van der Waals surface area contributed by atoms with Crippen LogP contribution < -0.4 is 11.1 Å². The highest BCUT2D eigenvalue weighted by molar-refractivity contribution is 5.00. The predicted octanol–water partition coefficient (Wildman–Crippen LogP) is -1.25. The average Bonchev–Trinajstić information content (AvgIpc) is 2.49. The summed E-state index contributed by atoms with van der Waals surface area (Å²) in [6.45, 7) is 1.82. The van der Waals surface area contributed by atoms with Gasteiger partial charge in [-0.2, -0.15) is 0 Å². The Balaban J connectivity index is 2.08. The van der Waals surface area contributed by atoms with Crippen molar-refractivity contribution in [1.29, 1.82) is 0 Å². The van der Waals surface area contributed by atoms with Gasteiger partial charge in [-0.3, -0.25) is 0 Å².